The topological polar surface area (TPSA) is 55.2 Å². The van der Waals surface area contributed by atoms with Gasteiger partial charge in [-0.2, -0.15) is 5.10 Å². The van der Waals surface area contributed by atoms with E-state index in [1.807, 2.05) is 10.9 Å². The molecule has 4 aromatic rings. The molecule has 43 heavy (non-hydrogen) atoms. The molecule has 0 unspecified atom stereocenters. The Morgan fingerprint density at radius 3 is 2.56 bits per heavy atom. The van der Waals surface area contributed by atoms with Gasteiger partial charge in [0.25, 0.3) is 0 Å². The molecule has 1 heterocycles. The molecule has 1 fully saturated rings. The maximum Gasteiger partial charge on any atom is 0.218 e. The van der Waals surface area contributed by atoms with Crippen LogP contribution in [0.2, 0.25) is 10.0 Å². The maximum absolute atomic E-state index is 14.5. The molecule has 10 heteroatoms. The number of aromatic nitrogens is 2. The van der Waals surface area contributed by atoms with Crippen molar-refractivity contribution in [3.63, 3.8) is 0 Å². The average Bonchev–Trinajstić information content (AvgIpc) is 3.51. The second-order valence-corrected chi connectivity index (χ2v) is 14.4. The fraction of sp³-hybridized carbons (Fsp3) is 0.303. The molecular formula is C33H31Cl2F2N3O2S. The van der Waals surface area contributed by atoms with Crippen LogP contribution < -0.4 is 0 Å². The molecule has 2 atom stereocenters. The van der Waals surface area contributed by atoms with E-state index in [1.165, 1.54) is 28.1 Å². The lowest BCUT2D eigenvalue weighted by Crippen LogP contribution is -2.42. The number of nitrogens with zero attached hydrogens (tertiary/aromatic N) is 3. The van der Waals surface area contributed by atoms with Crippen LogP contribution in [0.4, 0.5) is 8.78 Å². The quantitative estimate of drug-likeness (QED) is 0.187. The Balaban J connectivity index is 1.28. The van der Waals surface area contributed by atoms with Crippen LogP contribution in [0.3, 0.4) is 0 Å². The predicted molar refractivity (Wildman–Crippen MR) is 167 cm³/mol. The Morgan fingerprint density at radius 1 is 1.05 bits per heavy atom. The van der Waals surface area contributed by atoms with Crippen molar-refractivity contribution in [1.82, 2.24) is 14.1 Å². The molecule has 0 saturated heterocycles. The van der Waals surface area contributed by atoms with Crippen molar-refractivity contribution in [2.24, 2.45) is 11.3 Å². The van der Waals surface area contributed by atoms with E-state index in [-0.39, 0.29) is 41.7 Å². The van der Waals surface area contributed by atoms with Crippen molar-refractivity contribution in [3.05, 3.63) is 123 Å². The number of rotatable bonds is 9. The molecule has 1 saturated carbocycles. The van der Waals surface area contributed by atoms with Gasteiger partial charge in [-0.25, -0.2) is 26.2 Å². The van der Waals surface area contributed by atoms with Crippen LogP contribution >= 0.6 is 23.2 Å². The SMILES string of the molecule is C[C@]12Cc3cnn(-c4ccc(F)cc4)c3C=C1CC[C@@H]2CN(CCc1ccccc1F)S(=O)(=O)Cc1ccc(Cl)cc1Cl. The minimum absolute atomic E-state index is 0.0390. The largest absolute Gasteiger partial charge is 0.233 e. The van der Waals surface area contributed by atoms with Gasteiger partial charge >= 0.3 is 0 Å². The van der Waals surface area contributed by atoms with Gasteiger partial charge in [0.05, 0.1) is 23.3 Å². The number of benzene rings is 3. The summed E-state index contributed by atoms with van der Waals surface area (Å²) in [6.45, 7) is 2.65. The van der Waals surface area contributed by atoms with Gasteiger partial charge in [-0.3, -0.25) is 0 Å². The Hall–Kier alpha value is -3.04. The minimum Gasteiger partial charge on any atom is -0.233 e. The lowest BCUT2D eigenvalue weighted by Gasteiger charge is -2.38. The maximum atomic E-state index is 14.5. The Kier molecular flexibility index (Phi) is 8.24. The molecule has 0 spiro atoms. The fourth-order valence-corrected chi connectivity index (χ4v) is 8.64. The highest BCUT2D eigenvalue weighted by molar-refractivity contribution is 7.88. The first-order valence-electron chi connectivity index (χ1n) is 14.2. The molecule has 6 rings (SSSR count). The first-order valence-corrected chi connectivity index (χ1v) is 16.6. The summed E-state index contributed by atoms with van der Waals surface area (Å²) in [5.74, 6) is -0.892. The van der Waals surface area contributed by atoms with Gasteiger partial charge in [0.15, 0.2) is 0 Å². The highest BCUT2D eigenvalue weighted by atomic mass is 35.5. The zero-order valence-electron chi connectivity index (χ0n) is 23.6. The van der Waals surface area contributed by atoms with Crippen LogP contribution in [0, 0.1) is 23.0 Å². The fourth-order valence-electron chi connectivity index (χ4n) is 6.48. The summed E-state index contributed by atoms with van der Waals surface area (Å²) < 4.78 is 59.3. The summed E-state index contributed by atoms with van der Waals surface area (Å²) in [4.78, 5) is 0. The minimum atomic E-state index is -3.82. The Bertz CT molecular complexity index is 1810. The zero-order valence-corrected chi connectivity index (χ0v) is 25.9. The Labute approximate surface area is 260 Å². The highest BCUT2D eigenvalue weighted by Gasteiger charge is 2.47. The van der Waals surface area contributed by atoms with E-state index in [9.17, 15) is 17.2 Å². The predicted octanol–water partition coefficient (Wildman–Crippen LogP) is 7.89. The second-order valence-electron chi connectivity index (χ2n) is 11.6. The molecular weight excluding hydrogens is 611 g/mol. The van der Waals surface area contributed by atoms with Crippen molar-refractivity contribution in [3.8, 4) is 5.69 Å². The third kappa shape index (κ3) is 6.03. The molecule has 5 nitrogen and oxygen atoms in total. The Morgan fingerprint density at radius 2 is 1.81 bits per heavy atom. The summed E-state index contributed by atoms with van der Waals surface area (Å²) in [5, 5.41) is 5.32. The van der Waals surface area contributed by atoms with Gasteiger partial charge < -0.3 is 0 Å². The smallest absolute Gasteiger partial charge is 0.218 e. The summed E-state index contributed by atoms with van der Waals surface area (Å²) in [6.07, 6.45) is 6.64. The first-order chi connectivity index (χ1) is 20.5. The van der Waals surface area contributed by atoms with Gasteiger partial charge in [0.1, 0.15) is 11.6 Å². The van der Waals surface area contributed by atoms with Gasteiger partial charge in [-0.05, 0) is 102 Å². The van der Waals surface area contributed by atoms with Crippen molar-refractivity contribution >= 4 is 39.3 Å². The van der Waals surface area contributed by atoms with Gasteiger partial charge in [0.2, 0.25) is 10.0 Å². The van der Waals surface area contributed by atoms with Crippen LogP contribution in [0.1, 0.15) is 42.1 Å². The van der Waals surface area contributed by atoms with Crippen molar-refractivity contribution < 1.29 is 17.2 Å². The summed E-state index contributed by atoms with van der Waals surface area (Å²) in [5.41, 5.74) is 4.74. The summed E-state index contributed by atoms with van der Waals surface area (Å²) >= 11 is 12.4. The van der Waals surface area contributed by atoms with E-state index in [0.717, 1.165) is 29.8 Å². The van der Waals surface area contributed by atoms with E-state index in [1.54, 1.807) is 48.5 Å². The molecule has 0 N–H and O–H groups in total. The third-order valence-electron chi connectivity index (χ3n) is 8.98. The van der Waals surface area contributed by atoms with E-state index in [2.05, 4.69) is 18.1 Å². The standard InChI is InChI=1S/C33H31Cl2F2N3O2S/c1-33-18-24-19-38-40(29-12-10-28(36)11-13-29)32(24)16-25(33)7-8-26(33)20-39(15-14-22-4-2-3-5-31(22)37)43(41,42)21-23-6-9-27(34)17-30(23)35/h2-6,9-13,16-17,19,26H,7-8,14-15,18,20-21H2,1H3/t26-,33+/m1/s1. The van der Waals surface area contributed by atoms with E-state index < -0.39 is 10.0 Å². The number of hydrogen-bond acceptors (Lipinski definition) is 3. The second kappa shape index (κ2) is 11.8. The molecule has 224 valence electrons. The number of fused-ring (bicyclic) bond motifs is 2. The molecule has 1 aromatic heterocycles. The van der Waals surface area contributed by atoms with E-state index in [0.29, 0.717) is 34.1 Å². The molecule has 2 aliphatic carbocycles. The monoisotopic (exact) mass is 641 g/mol. The van der Waals surface area contributed by atoms with Crippen LogP contribution in [0.15, 0.2) is 78.5 Å². The number of hydrogen-bond donors (Lipinski definition) is 0. The van der Waals surface area contributed by atoms with Gasteiger partial charge in [0, 0.05) is 23.1 Å². The summed E-state index contributed by atoms with van der Waals surface area (Å²) in [6, 6.07) is 17.5. The van der Waals surface area contributed by atoms with Crippen LogP contribution in [0.25, 0.3) is 11.8 Å². The van der Waals surface area contributed by atoms with E-state index >= 15 is 0 Å². The molecule has 0 radical (unpaired) electrons. The normalized spacial score (nSPS) is 19.8. The lowest BCUT2D eigenvalue weighted by atomic mass is 9.70. The van der Waals surface area contributed by atoms with Gasteiger partial charge in [-0.15, -0.1) is 0 Å². The van der Waals surface area contributed by atoms with Crippen molar-refractivity contribution in [1.29, 1.82) is 0 Å². The number of halogens is 4. The molecule has 0 aliphatic heterocycles. The van der Waals surface area contributed by atoms with Crippen LogP contribution in [-0.4, -0.2) is 35.6 Å². The van der Waals surface area contributed by atoms with Crippen LogP contribution in [-0.2, 0) is 28.6 Å². The van der Waals surface area contributed by atoms with Crippen LogP contribution in [0.5, 0.6) is 0 Å². The highest BCUT2D eigenvalue weighted by Crippen LogP contribution is 2.53. The number of allylic oxidation sites excluding steroid dienone is 1. The first kappa shape index (κ1) is 30.0. The molecule has 2 aliphatic rings. The molecule has 0 bridgehead atoms. The molecule has 0 amide bonds. The number of sulfonamides is 1. The van der Waals surface area contributed by atoms with E-state index in [4.69, 9.17) is 23.2 Å². The third-order valence-corrected chi connectivity index (χ3v) is 11.4. The summed E-state index contributed by atoms with van der Waals surface area (Å²) in [7, 11) is -3.82. The molecule has 3 aromatic carbocycles. The van der Waals surface area contributed by atoms with Crippen molar-refractivity contribution in [2.45, 2.75) is 38.4 Å². The van der Waals surface area contributed by atoms with Crippen molar-refractivity contribution in [2.75, 3.05) is 13.1 Å². The average molecular weight is 643 g/mol. The van der Waals surface area contributed by atoms with Gasteiger partial charge in [-0.1, -0.05) is 60.0 Å². The zero-order chi connectivity index (χ0) is 30.4. The lowest BCUT2D eigenvalue weighted by molar-refractivity contribution is 0.221.